The molecule has 2 aromatic rings. The van der Waals surface area contributed by atoms with E-state index in [2.05, 4.69) is 33.1 Å². The van der Waals surface area contributed by atoms with Gasteiger partial charge in [0.15, 0.2) is 5.82 Å². The van der Waals surface area contributed by atoms with Gasteiger partial charge in [0.25, 0.3) is 0 Å². The van der Waals surface area contributed by atoms with Crippen LogP contribution in [0.2, 0.25) is 0 Å². The monoisotopic (exact) mass is 329 g/mol. The number of aromatic amines is 1. The lowest BCUT2D eigenvalue weighted by molar-refractivity contribution is -0.0371. The number of morpholine rings is 1. The van der Waals surface area contributed by atoms with Crippen LogP contribution in [-0.4, -0.2) is 39.8 Å². The summed E-state index contributed by atoms with van der Waals surface area (Å²) in [5, 5.41) is 16.4. The predicted octanol–water partition coefficient (Wildman–Crippen LogP) is 2.34. The van der Waals surface area contributed by atoms with Gasteiger partial charge < -0.3 is 4.74 Å². The first-order chi connectivity index (χ1) is 11.7. The molecule has 0 spiro atoms. The average molecular weight is 329 g/mol. The van der Waals surface area contributed by atoms with E-state index in [1.165, 1.54) is 12.1 Å². The van der Waals surface area contributed by atoms with E-state index in [-0.39, 0.29) is 11.9 Å². The molecule has 1 aromatic heterocycles. The van der Waals surface area contributed by atoms with Gasteiger partial charge in [-0.2, -0.15) is 10.4 Å². The van der Waals surface area contributed by atoms with Gasteiger partial charge in [-0.25, -0.2) is 9.37 Å². The van der Waals surface area contributed by atoms with Gasteiger partial charge in [-0.3, -0.25) is 10.00 Å². The van der Waals surface area contributed by atoms with Crippen LogP contribution in [0.5, 0.6) is 0 Å². The minimum Gasteiger partial charge on any atom is -0.367 e. The molecular formula is C17H20FN5O. The smallest absolute Gasteiger partial charge is 0.180 e. The number of nitrogens with zero attached hydrogens (tertiary/aromatic N) is 4. The second-order valence-electron chi connectivity index (χ2n) is 5.90. The molecule has 0 radical (unpaired) electrons. The van der Waals surface area contributed by atoms with Gasteiger partial charge in [0.1, 0.15) is 17.7 Å². The third kappa shape index (κ3) is 3.78. The van der Waals surface area contributed by atoms with Gasteiger partial charge in [0.05, 0.1) is 18.2 Å². The largest absolute Gasteiger partial charge is 0.367 e. The summed E-state index contributed by atoms with van der Waals surface area (Å²) in [6.07, 6.45) is 1.68. The zero-order chi connectivity index (χ0) is 16.9. The summed E-state index contributed by atoms with van der Waals surface area (Å²) in [5.74, 6) is 1.15. The molecule has 1 saturated heterocycles. The van der Waals surface area contributed by atoms with Gasteiger partial charge in [-0.15, -0.1) is 0 Å². The number of hydrogen-bond acceptors (Lipinski definition) is 5. The van der Waals surface area contributed by atoms with Crippen LogP contribution in [0.25, 0.3) is 0 Å². The maximum atomic E-state index is 13.3. The number of ether oxygens (including phenoxy) is 1. The molecule has 24 heavy (non-hydrogen) atoms. The number of halogens is 1. The van der Waals surface area contributed by atoms with E-state index in [4.69, 9.17) is 4.74 Å². The number of rotatable bonds is 5. The molecule has 7 heteroatoms. The highest BCUT2D eigenvalue weighted by atomic mass is 19.1. The zero-order valence-electron chi connectivity index (χ0n) is 13.6. The Morgan fingerprint density at radius 1 is 1.50 bits per heavy atom. The SMILES string of the molecule is CCCc1nc([C@H]2CN(Cc3ccc(F)cc3C#N)CCO2)n[nH]1. The molecule has 6 nitrogen and oxygen atoms in total. The van der Waals surface area contributed by atoms with Gasteiger partial charge in [-0.1, -0.05) is 13.0 Å². The van der Waals surface area contributed by atoms with Gasteiger partial charge in [0, 0.05) is 26.1 Å². The fraction of sp³-hybridized carbons (Fsp3) is 0.471. The zero-order valence-corrected chi connectivity index (χ0v) is 13.6. The van der Waals surface area contributed by atoms with E-state index < -0.39 is 0 Å². The Kier molecular flexibility index (Phi) is 5.18. The first-order valence-electron chi connectivity index (χ1n) is 8.13. The molecule has 1 atom stereocenters. The van der Waals surface area contributed by atoms with E-state index in [0.717, 1.165) is 30.8 Å². The normalized spacial score (nSPS) is 18.5. The molecule has 2 heterocycles. The number of aryl methyl sites for hydroxylation is 1. The molecule has 1 aliphatic heterocycles. The lowest BCUT2D eigenvalue weighted by atomic mass is 10.1. The predicted molar refractivity (Wildman–Crippen MR) is 85.5 cm³/mol. The summed E-state index contributed by atoms with van der Waals surface area (Å²) in [6.45, 7) is 4.65. The molecule has 1 aromatic carbocycles. The highest BCUT2D eigenvalue weighted by molar-refractivity contribution is 5.37. The van der Waals surface area contributed by atoms with E-state index in [1.807, 2.05) is 0 Å². The Morgan fingerprint density at radius 2 is 2.38 bits per heavy atom. The fourth-order valence-corrected chi connectivity index (χ4v) is 2.84. The molecule has 0 amide bonds. The number of nitrogens with one attached hydrogen (secondary N) is 1. The molecule has 1 N–H and O–H groups in total. The van der Waals surface area contributed by atoms with E-state index in [9.17, 15) is 9.65 Å². The standard InChI is InChI=1S/C17H20FN5O/c1-2-3-16-20-17(22-21-16)15-11-23(6-7-24-15)10-12-4-5-14(18)8-13(12)9-19/h4-5,8,15H,2-3,6-7,10-11H2,1H3,(H,20,21,22)/t15-/m1/s1. The van der Waals surface area contributed by atoms with Gasteiger partial charge in [-0.05, 0) is 24.1 Å². The second-order valence-corrected chi connectivity index (χ2v) is 5.90. The highest BCUT2D eigenvalue weighted by Crippen LogP contribution is 2.22. The van der Waals surface area contributed by atoms with Crippen molar-refractivity contribution in [2.45, 2.75) is 32.4 Å². The summed E-state index contributed by atoms with van der Waals surface area (Å²) in [5.41, 5.74) is 1.20. The Labute approximate surface area is 140 Å². The molecule has 0 unspecified atom stereocenters. The van der Waals surface area contributed by atoms with Crippen LogP contribution < -0.4 is 0 Å². The lowest BCUT2D eigenvalue weighted by Gasteiger charge is -2.31. The maximum absolute atomic E-state index is 13.3. The topological polar surface area (TPSA) is 77.8 Å². The van der Waals surface area contributed by atoms with Crippen molar-refractivity contribution >= 4 is 0 Å². The first kappa shape index (κ1) is 16.6. The van der Waals surface area contributed by atoms with Crippen LogP contribution in [0.3, 0.4) is 0 Å². The van der Waals surface area contributed by atoms with Crippen LogP contribution in [0.15, 0.2) is 18.2 Å². The minimum absolute atomic E-state index is 0.188. The van der Waals surface area contributed by atoms with E-state index >= 15 is 0 Å². The first-order valence-corrected chi connectivity index (χ1v) is 8.13. The number of benzene rings is 1. The highest BCUT2D eigenvalue weighted by Gasteiger charge is 2.25. The third-order valence-electron chi connectivity index (χ3n) is 4.06. The van der Waals surface area contributed by atoms with Crippen molar-refractivity contribution in [1.82, 2.24) is 20.1 Å². The van der Waals surface area contributed by atoms with Crippen molar-refractivity contribution in [3.05, 3.63) is 46.8 Å². The van der Waals surface area contributed by atoms with Crippen molar-refractivity contribution in [1.29, 1.82) is 5.26 Å². The van der Waals surface area contributed by atoms with Crippen LogP contribution >= 0.6 is 0 Å². The Morgan fingerprint density at radius 3 is 3.17 bits per heavy atom. The molecule has 3 rings (SSSR count). The summed E-state index contributed by atoms with van der Waals surface area (Å²) >= 11 is 0. The Bertz CT molecular complexity index is 739. The maximum Gasteiger partial charge on any atom is 0.180 e. The quantitative estimate of drug-likeness (QED) is 0.911. The van der Waals surface area contributed by atoms with Crippen molar-refractivity contribution in [3.63, 3.8) is 0 Å². The number of hydrogen-bond donors (Lipinski definition) is 1. The number of aromatic nitrogens is 3. The van der Waals surface area contributed by atoms with Gasteiger partial charge in [0.2, 0.25) is 0 Å². The van der Waals surface area contributed by atoms with Gasteiger partial charge >= 0.3 is 0 Å². The van der Waals surface area contributed by atoms with Crippen LogP contribution in [0.1, 0.15) is 42.2 Å². The van der Waals surface area contributed by atoms with E-state index in [1.54, 1.807) is 6.07 Å². The number of nitriles is 1. The van der Waals surface area contributed by atoms with Crippen molar-refractivity contribution < 1.29 is 9.13 Å². The summed E-state index contributed by atoms with van der Waals surface area (Å²) in [7, 11) is 0. The summed E-state index contributed by atoms with van der Waals surface area (Å²) in [4.78, 5) is 6.67. The molecule has 1 fully saturated rings. The molecule has 0 saturated carbocycles. The minimum atomic E-state index is -0.390. The molecular weight excluding hydrogens is 309 g/mol. The van der Waals surface area contributed by atoms with Crippen LogP contribution in [0, 0.1) is 17.1 Å². The van der Waals surface area contributed by atoms with Crippen molar-refractivity contribution in [2.75, 3.05) is 19.7 Å². The van der Waals surface area contributed by atoms with Crippen LogP contribution in [-0.2, 0) is 17.7 Å². The van der Waals surface area contributed by atoms with Crippen LogP contribution in [0.4, 0.5) is 4.39 Å². The number of H-pyrrole nitrogens is 1. The third-order valence-corrected chi connectivity index (χ3v) is 4.06. The molecule has 126 valence electrons. The Hall–Kier alpha value is -2.30. The fourth-order valence-electron chi connectivity index (χ4n) is 2.84. The second kappa shape index (κ2) is 7.51. The summed E-state index contributed by atoms with van der Waals surface area (Å²) < 4.78 is 19.0. The van der Waals surface area contributed by atoms with E-state index in [0.29, 0.717) is 31.1 Å². The average Bonchev–Trinajstić information content (AvgIpc) is 3.06. The molecule has 0 bridgehead atoms. The molecule has 0 aliphatic carbocycles. The molecule has 1 aliphatic rings. The van der Waals surface area contributed by atoms with Crippen molar-refractivity contribution in [3.8, 4) is 6.07 Å². The Balaban J connectivity index is 1.68. The lowest BCUT2D eigenvalue weighted by Crippen LogP contribution is -2.38. The summed E-state index contributed by atoms with van der Waals surface area (Å²) in [6, 6.07) is 6.40. The van der Waals surface area contributed by atoms with Crippen molar-refractivity contribution in [2.24, 2.45) is 0 Å².